The molecule has 1 atom stereocenters. The van der Waals surface area contributed by atoms with Gasteiger partial charge in [-0.25, -0.2) is 0 Å². The number of nitrogens with two attached hydrogens (primary N) is 1. The summed E-state index contributed by atoms with van der Waals surface area (Å²) in [5, 5.41) is 22.3. The first-order chi connectivity index (χ1) is 15.5. The highest BCUT2D eigenvalue weighted by molar-refractivity contribution is 5.96. The van der Waals surface area contributed by atoms with Gasteiger partial charge in [-0.15, -0.1) is 10.2 Å². The van der Waals surface area contributed by atoms with E-state index in [1.54, 1.807) is 29.4 Å². The second kappa shape index (κ2) is 9.20. The molecule has 4 rings (SSSR count). The highest BCUT2D eigenvalue weighted by Crippen LogP contribution is 2.21. The fraction of sp³-hybridized carbons (Fsp3) is 0.250. The summed E-state index contributed by atoms with van der Waals surface area (Å²) < 4.78 is 0. The van der Waals surface area contributed by atoms with Crippen LogP contribution in [0.5, 0.6) is 0 Å². The number of carbonyl (C=O) groups excluding carboxylic acids is 2. The van der Waals surface area contributed by atoms with Crippen molar-refractivity contribution in [3.63, 3.8) is 0 Å². The Labute approximate surface area is 183 Å². The number of nitrogens with one attached hydrogen (secondary N) is 2. The molecule has 1 aromatic carbocycles. The van der Waals surface area contributed by atoms with Gasteiger partial charge in [0.05, 0.1) is 18.1 Å². The Morgan fingerprint density at radius 3 is 2.59 bits per heavy atom. The molecular formula is C20H22N10O2. The molecule has 12 heteroatoms. The fourth-order valence-electron chi connectivity index (χ4n) is 3.41. The van der Waals surface area contributed by atoms with E-state index in [9.17, 15) is 9.59 Å². The predicted octanol–water partition coefficient (Wildman–Crippen LogP) is 0.884. The summed E-state index contributed by atoms with van der Waals surface area (Å²) >= 11 is 0. The summed E-state index contributed by atoms with van der Waals surface area (Å²) in [6.45, 7) is 4.71. The maximum absolute atomic E-state index is 11.9. The van der Waals surface area contributed by atoms with E-state index < -0.39 is 5.91 Å². The topological polar surface area (TPSA) is 157 Å². The van der Waals surface area contributed by atoms with Gasteiger partial charge in [-0.1, -0.05) is 6.58 Å². The van der Waals surface area contributed by atoms with Gasteiger partial charge in [0.2, 0.25) is 11.9 Å². The van der Waals surface area contributed by atoms with Gasteiger partial charge in [-0.3, -0.25) is 9.59 Å². The molecule has 0 spiro atoms. The van der Waals surface area contributed by atoms with Crippen LogP contribution in [-0.2, 0) is 4.79 Å². The molecule has 1 unspecified atom stereocenters. The average Bonchev–Trinajstić information content (AvgIpc) is 3.34. The summed E-state index contributed by atoms with van der Waals surface area (Å²) in [7, 11) is 0. The number of aromatic nitrogens is 6. The molecule has 2 amide bonds. The number of rotatable bonds is 7. The van der Waals surface area contributed by atoms with Crippen molar-refractivity contribution in [2.45, 2.75) is 18.9 Å². The van der Waals surface area contributed by atoms with Gasteiger partial charge in [0, 0.05) is 24.8 Å². The van der Waals surface area contributed by atoms with Crippen LogP contribution in [0.25, 0.3) is 5.69 Å². The number of amides is 2. The number of primary amides is 1. The molecule has 3 aromatic rings. The SMILES string of the molecule is C=CC(=O)N1CCCC(Nc2nnc(C(N)=O)c(Nc3ccc(-n4nccn4)cc3)n2)C1. The zero-order valence-electron chi connectivity index (χ0n) is 17.2. The number of nitrogens with zero attached hydrogens (tertiary/aromatic N) is 7. The highest BCUT2D eigenvalue weighted by Gasteiger charge is 2.23. The minimum atomic E-state index is -0.753. The van der Waals surface area contributed by atoms with Crippen molar-refractivity contribution in [3.05, 3.63) is 55.0 Å². The van der Waals surface area contributed by atoms with Gasteiger partial charge in [0.1, 0.15) is 0 Å². The van der Waals surface area contributed by atoms with Gasteiger partial charge in [0.15, 0.2) is 11.5 Å². The van der Waals surface area contributed by atoms with Crippen LogP contribution in [0.15, 0.2) is 49.3 Å². The largest absolute Gasteiger partial charge is 0.364 e. The second-order valence-electron chi connectivity index (χ2n) is 7.16. The van der Waals surface area contributed by atoms with Crippen molar-refractivity contribution in [2.24, 2.45) is 5.73 Å². The minimum absolute atomic E-state index is 0.0532. The van der Waals surface area contributed by atoms with Crippen LogP contribution in [0.3, 0.4) is 0 Å². The molecule has 3 heterocycles. The molecule has 12 nitrogen and oxygen atoms in total. The zero-order chi connectivity index (χ0) is 22.5. The minimum Gasteiger partial charge on any atom is -0.364 e. The fourth-order valence-corrected chi connectivity index (χ4v) is 3.41. The summed E-state index contributed by atoms with van der Waals surface area (Å²) in [5.74, 6) is -0.463. The molecule has 4 N–H and O–H groups in total. The van der Waals surface area contributed by atoms with Crippen LogP contribution in [-0.4, -0.2) is 66.0 Å². The van der Waals surface area contributed by atoms with Crippen LogP contribution < -0.4 is 16.4 Å². The first-order valence-corrected chi connectivity index (χ1v) is 9.99. The third-order valence-electron chi connectivity index (χ3n) is 4.94. The first-order valence-electron chi connectivity index (χ1n) is 9.99. The van der Waals surface area contributed by atoms with Gasteiger partial charge >= 0.3 is 0 Å². The molecule has 1 aliphatic heterocycles. The average molecular weight is 434 g/mol. The van der Waals surface area contributed by atoms with Crippen LogP contribution in [0.1, 0.15) is 23.3 Å². The van der Waals surface area contributed by atoms with Gasteiger partial charge in [0.25, 0.3) is 5.91 Å². The number of benzene rings is 1. The monoisotopic (exact) mass is 434 g/mol. The van der Waals surface area contributed by atoms with Crippen molar-refractivity contribution in [1.29, 1.82) is 0 Å². The summed E-state index contributed by atoms with van der Waals surface area (Å²) in [6.07, 6.45) is 6.16. The van der Waals surface area contributed by atoms with Crippen LogP contribution in [0, 0.1) is 0 Å². The van der Waals surface area contributed by atoms with E-state index in [4.69, 9.17) is 5.73 Å². The standard InChI is InChI=1S/C20H22N10O2/c1-2-16(31)29-11-3-4-14(12-29)25-20-26-19(17(18(21)32)27-28-20)24-13-5-7-15(8-6-13)30-22-9-10-23-30/h2,5-10,14H,1,3-4,11-12H2,(H2,21,32)(H2,24,25,26,28). The zero-order valence-corrected chi connectivity index (χ0v) is 17.2. The van der Waals surface area contributed by atoms with Crippen LogP contribution >= 0.6 is 0 Å². The number of hydrogen-bond acceptors (Lipinski definition) is 9. The van der Waals surface area contributed by atoms with E-state index in [1.807, 2.05) is 12.1 Å². The van der Waals surface area contributed by atoms with E-state index in [1.165, 1.54) is 10.9 Å². The third kappa shape index (κ3) is 4.69. The normalized spacial score (nSPS) is 15.8. The Bertz CT molecular complexity index is 1110. The number of anilines is 3. The maximum atomic E-state index is 11.9. The van der Waals surface area contributed by atoms with Gasteiger partial charge in [-0.2, -0.15) is 20.0 Å². The predicted molar refractivity (Wildman–Crippen MR) is 116 cm³/mol. The summed E-state index contributed by atoms with van der Waals surface area (Å²) in [4.78, 5) is 31.3. The van der Waals surface area contributed by atoms with Crippen LogP contribution in [0.4, 0.5) is 17.5 Å². The molecule has 0 radical (unpaired) electrons. The Morgan fingerprint density at radius 2 is 1.91 bits per heavy atom. The summed E-state index contributed by atoms with van der Waals surface area (Å²) in [5.41, 5.74) is 6.79. The van der Waals surface area contributed by atoms with Crippen molar-refractivity contribution >= 4 is 29.3 Å². The quantitative estimate of drug-likeness (QED) is 0.459. The molecule has 0 saturated carbocycles. The Kier molecular flexibility index (Phi) is 6.01. The lowest BCUT2D eigenvalue weighted by Crippen LogP contribution is -2.44. The molecule has 0 bridgehead atoms. The summed E-state index contributed by atoms with van der Waals surface area (Å²) in [6, 6.07) is 7.15. The molecule has 32 heavy (non-hydrogen) atoms. The third-order valence-corrected chi connectivity index (χ3v) is 4.94. The van der Waals surface area contributed by atoms with Crippen LogP contribution in [0.2, 0.25) is 0 Å². The smallest absolute Gasteiger partial charge is 0.273 e. The highest BCUT2D eigenvalue weighted by atomic mass is 16.2. The second-order valence-corrected chi connectivity index (χ2v) is 7.16. The molecule has 1 saturated heterocycles. The van der Waals surface area contributed by atoms with Crippen molar-refractivity contribution in [1.82, 2.24) is 35.1 Å². The Morgan fingerprint density at radius 1 is 1.16 bits per heavy atom. The molecule has 0 aliphatic carbocycles. The molecule has 164 valence electrons. The first kappa shape index (κ1) is 20.9. The Balaban J connectivity index is 1.51. The van der Waals surface area contributed by atoms with Gasteiger partial charge in [-0.05, 0) is 43.2 Å². The number of likely N-dealkylation sites (tertiary alicyclic amines) is 1. The Hall–Kier alpha value is -4.35. The van der Waals surface area contributed by atoms with E-state index in [-0.39, 0.29) is 29.4 Å². The van der Waals surface area contributed by atoms with Crippen molar-refractivity contribution in [2.75, 3.05) is 23.7 Å². The number of carbonyl (C=O) groups is 2. The molecule has 1 aliphatic rings. The lowest BCUT2D eigenvalue weighted by molar-refractivity contribution is -0.127. The molecular weight excluding hydrogens is 412 g/mol. The van der Waals surface area contributed by atoms with Gasteiger partial charge < -0.3 is 21.3 Å². The number of piperidine rings is 1. The van der Waals surface area contributed by atoms with Crippen molar-refractivity contribution in [3.8, 4) is 5.69 Å². The lowest BCUT2D eigenvalue weighted by atomic mass is 10.1. The van der Waals surface area contributed by atoms with E-state index in [2.05, 4.69) is 42.6 Å². The van der Waals surface area contributed by atoms with E-state index in [0.717, 1.165) is 18.5 Å². The lowest BCUT2D eigenvalue weighted by Gasteiger charge is -2.32. The molecule has 2 aromatic heterocycles. The van der Waals surface area contributed by atoms with Crippen molar-refractivity contribution < 1.29 is 9.59 Å². The molecule has 1 fully saturated rings. The van der Waals surface area contributed by atoms with E-state index in [0.29, 0.717) is 18.8 Å². The van der Waals surface area contributed by atoms with E-state index >= 15 is 0 Å². The maximum Gasteiger partial charge on any atom is 0.273 e. The number of hydrogen-bond donors (Lipinski definition) is 3.